The highest BCUT2D eigenvalue weighted by Gasteiger charge is 2.18. The Hall–Kier alpha value is -1.51. The molecule has 0 unspecified atom stereocenters. The van der Waals surface area contributed by atoms with Crippen molar-refractivity contribution in [3.05, 3.63) is 29.8 Å². The summed E-state index contributed by atoms with van der Waals surface area (Å²) in [7, 11) is 0. The number of benzene rings is 1. The number of amides is 1. The predicted octanol–water partition coefficient (Wildman–Crippen LogP) is 2.98. The summed E-state index contributed by atoms with van der Waals surface area (Å²) in [4.78, 5) is 13.6. The van der Waals surface area contributed by atoms with Crippen molar-refractivity contribution in [1.82, 2.24) is 4.90 Å². The molecule has 0 saturated carbocycles. The molecule has 0 spiro atoms. The number of nitrogens with zero attached hydrogens (tertiary/aromatic N) is 1. The Kier molecular flexibility index (Phi) is 3.44. The summed E-state index contributed by atoms with van der Waals surface area (Å²) >= 11 is 0. The van der Waals surface area contributed by atoms with Gasteiger partial charge in [0, 0.05) is 13.1 Å². The molecule has 0 bridgehead atoms. The molecular formula is C13H17NO2. The number of ether oxygens (including phenoxy) is 1. The molecule has 2 rings (SSSR count). The van der Waals surface area contributed by atoms with Gasteiger partial charge in [-0.25, -0.2) is 4.79 Å². The molecule has 3 heteroatoms. The van der Waals surface area contributed by atoms with E-state index in [1.807, 2.05) is 31.2 Å². The quantitative estimate of drug-likeness (QED) is 0.726. The summed E-state index contributed by atoms with van der Waals surface area (Å²) in [6.07, 6.45) is 3.17. The molecule has 0 aromatic heterocycles. The zero-order valence-corrected chi connectivity index (χ0v) is 9.61. The van der Waals surface area contributed by atoms with Crippen LogP contribution in [0.4, 0.5) is 4.79 Å². The third kappa shape index (κ3) is 2.75. The van der Waals surface area contributed by atoms with Crippen LogP contribution in [0.25, 0.3) is 0 Å². The molecule has 16 heavy (non-hydrogen) atoms. The first-order valence-electron chi connectivity index (χ1n) is 5.79. The van der Waals surface area contributed by atoms with Gasteiger partial charge in [0.2, 0.25) is 0 Å². The van der Waals surface area contributed by atoms with Gasteiger partial charge in [-0.2, -0.15) is 0 Å². The Morgan fingerprint density at radius 1 is 1.25 bits per heavy atom. The van der Waals surface area contributed by atoms with E-state index in [-0.39, 0.29) is 6.09 Å². The van der Waals surface area contributed by atoms with Crippen molar-refractivity contribution in [3.8, 4) is 5.75 Å². The van der Waals surface area contributed by atoms with Crippen molar-refractivity contribution < 1.29 is 9.53 Å². The fourth-order valence-corrected chi connectivity index (χ4v) is 1.92. The van der Waals surface area contributed by atoms with Crippen LogP contribution in [0.15, 0.2) is 24.3 Å². The molecule has 1 aromatic rings. The summed E-state index contributed by atoms with van der Waals surface area (Å²) in [6.45, 7) is 3.63. The number of piperidine rings is 1. The first-order valence-corrected chi connectivity index (χ1v) is 5.79. The van der Waals surface area contributed by atoms with E-state index < -0.39 is 0 Å². The lowest BCUT2D eigenvalue weighted by molar-refractivity contribution is 0.142. The summed E-state index contributed by atoms with van der Waals surface area (Å²) < 4.78 is 5.32. The Balaban J connectivity index is 1.96. The Morgan fingerprint density at radius 3 is 2.69 bits per heavy atom. The minimum Gasteiger partial charge on any atom is -0.410 e. The first-order chi connectivity index (χ1) is 7.75. The minimum atomic E-state index is -0.217. The van der Waals surface area contributed by atoms with E-state index in [4.69, 9.17) is 4.74 Å². The number of hydrogen-bond donors (Lipinski definition) is 0. The van der Waals surface area contributed by atoms with Crippen molar-refractivity contribution in [1.29, 1.82) is 0 Å². The minimum absolute atomic E-state index is 0.217. The molecule has 1 aromatic carbocycles. The fraction of sp³-hybridized carbons (Fsp3) is 0.462. The molecule has 0 aliphatic carbocycles. The van der Waals surface area contributed by atoms with Crippen LogP contribution in [0.5, 0.6) is 5.75 Å². The van der Waals surface area contributed by atoms with E-state index >= 15 is 0 Å². The van der Waals surface area contributed by atoms with Crippen molar-refractivity contribution >= 4 is 6.09 Å². The molecule has 1 heterocycles. The number of likely N-dealkylation sites (tertiary alicyclic amines) is 1. The van der Waals surface area contributed by atoms with Crippen LogP contribution in [0, 0.1) is 6.92 Å². The Labute approximate surface area is 96.0 Å². The van der Waals surface area contributed by atoms with Crippen molar-refractivity contribution in [2.75, 3.05) is 13.1 Å². The standard InChI is InChI=1S/C13H17NO2/c1-11-6-5-7-12(10-11)16-13(15)14-8-3-2-4-9-14/h5-7,10H,2-4,8-9H2,1H3. The molecule has 1 aliphatic heterocycles. The van der Waals surface area contributed by atoms with Crippen molar-refractivity contribution in [3.63, 3.8) is 0 Å². The molecule has 1 fully saturated rings. The number of rotatable bonds is 1. The highest BCUT2D eigenvalue weighted by Crippen LogP contribution is 2.15. The van der Waals surface area contributed by atoms with Crippen LogP contribution < -0.4 is 4.74 Å². The summed E-state index contributed by atoms with van der Waals surface area (Å²) in [5.41, 5.74) is 1.10. The van der Waals surface area contributed by atoms with Gasteiger partial charge in [0.1, 0.15) is 5.75 Å². The second-order valence-corrected chi connectivity index (χ2v) is 4.23. The van der Waals surface area contributed by atoms with Crippen molar-refractivity contribution in [2.45, 2.75) is 26.2 Å². The van der Waals surface area contributed by atoms with Crippen LogP contribution in [0.3, 0.4) is 0 Å². The highest BCUT2D eigenvalue weighted by molar-refractivity contribution is 5.70. The van der Waals surface area contributed by atoms with Gasteiger partial charge >= 0.3 is 6.09 Å². The molecular weight excluding hydrogens is 202 g/mol. The lowest BCUT2D eigenvalue weighted by atomic mass is 10.1. The van der Waals surface area contributed by atoms with Crippen molar-refractivity contribution in [2.24, 2.45) is 0 Å². The number of aryl methyl sites for hydroxylation is 1. The molecule has 0 N–H and O–H groups in total. The molecule has 86 valence electrons. The van der Waals surface area contributed by atoms with Crippen LogP contribution in [0.2, 0.25) is 0 Å². The van der Waals surface area contributed by atoms with E-state index in [2.05, 4.69) is 0 Å². The van der Waals surface area contributed by atoms with E-state index in [1.165, 1.54) is 6.42 Å². The van der Waals surface area contributed by atoms with Gasteiger partial charge in [-0.3, -0.25) is 0 Å². The average Bonchev–Trinajstić information content (AvgIpc) is 2.30. The van der Waals surface area contributed by atoms with Crippen LogP contribution in [-0.2, 0) is 0 Å². The lowest BCUT2D eigenvalue weighted by Gasteiger charge is -2.25. The number of carbonyl (C=O) groups is 1. The fourth-order valence-electron chi connectivity index (χ4n) is 1.92. The van der Waals surface area contributed by atoms with Crippen LogP contribution >= 0.6 is 0 Å². The zero-order chi connectivity index (χ0) is 11.4. The lowest BCUT2D eigenvalue weighted by Crippen LogP contribution is -2.37. The summed E-state index contributed by atoms with van der Waals surface area (Å²) in [5.74, 6) is 0.635. The van der Waals surface area contributed by atoms with E-state index in [0.717, 1.165) is 31.5 Å². The third-order valence-electron chi connectivity index (χ3n) is 2.81. The van der Waals surface area contributed by atoms with Gasteiger partial charge in [-0.15, -0.1) is 0 Å². The molecule has 3 nitrogen and oxygen atoms in total. The summed E-state index contributed by atoms with van der Waals surface area (Å²) in [6, 6.07) is 7.57. The van der Waals surface area contributed by atoms with Gasteiger partial charge in [0.25, 0.3) is 0 Å². The SMILES string of the molecule is Cc1cccc(OC(=O)N2CCCCC2)c1. The third-order valence-corrected chi connectivity index (χ3v) is 2.81. The maximum absolute atomic E-state index is 11.8. The molecule has 1 aliphatic rings. The van der Waals surface area contributed by atoms with Crippen LogP contribution in [-0.4, -0.2) is 24.1 Å². The highest BCUT2D eigenvalue weighted by atomic mass is 16.6. The van der Waals surface area contributed by atoms with Gasteiger partial charge in [0.05, 0.1) is 0 Å². The zero-order valence-electron chi connectivity index (χ0n) is 9.61. The molecule has 1 amide bonds. The van der Waals surface area contributed by atoms with E-state index in [9.17, 15) is 4.79 Å². The summed E-state index contributed by atoms with van der Waals surface area (Å²) in [5, 5.41) is 0. The van der Waals surface area contributed by atoms with E-state index in [1.54, 1.807) is 4.90 Å². The first kappa shape index (κ1) is 11.0. The Morgan fingerprint density at radius 2 is 2.00 bits per heavy atom. The predicted molar refractivity (Wildman–Crippen MR) is 62.6 cm³/mol. The topological polar surface area (TPSA) is 29.5 Å². The molecule has 1 saturated heterocycles. The Bertz CT molecular complexity index is 370. The van der Waals surface area contributed by atoms with Crippen LogP contribution in [0.1, 0.15) is 24.8 Å². The number of hydrogen-bond acceptors (Lipinski definition) is 2. The molecule has 0 atom stereocenters. The van der Waals surface area contributed by atoms with E-state index in [0.29, 0.717) is 5.75 Å². The normalized spacial score (nSPS) is 15.9. The monoisotopic (exact) mass is 219 g/mol. The number of carbonyl (C=O) groups excluding carboxylic acids is 1. The smallest absolute Gasteiger partial charge is 0.410 e. The largest absolute Gasteiger partial charge is 0.415 e. The van der Waals surface area contributed by atoms with Gasteiger partial charge in [0.15, 0.2) is 0 Å². The second kappa shape index (κ2) is 5.01. The average molecular weight is 219 g/mol. The second-order valence-electron chi connectivity index (χ2n) is 4.23. The van der Waals surface area contributed by atoms with Gasteiger partial charge < -0.3 is 9.64 Å². The van der Waals surface area contributed by atoms with Gasteiger partial charge in [-0.05, 0) is 43.9 Å². The maximum atomic E-state index is 11.8. The maximum Gasteiger partial charge on any atom is 0.415 e. The van der Waals surface area contributed by atoms with Gasteiger partial charge in [-0.1, -0.05) is 12.1 Å². The molecule has 0 radical (unpaired) electrons.